The van der Waals surface area contributed by atoms with Crippen LogP contribution in [0.25, 0.3) is 0 Å². The molecule has 8 heteroatoms. The smallest absolute Gasteiger partial charge is 0.259 e. The average Bonchev–Trinajstić information content (AvgIpc) is 2.46. The third-order valence-corrected chi connectivity index (χ3v) is 4.13. The summed E-state index contributed by atoms with van der Waals surface area (Å²) in [5, 5.41) is 0. The fourth-order valence-corrected chi connectivity index (χ4v) is 3.33. The summed E-state index contributed by atoms with van der Waals surface area (Å²) in [4.78, 5) is 18.4. The van der Waals surface area contributed by atoms with Crippen molar-refractivity contribution in [3.63, 3.8) is 0 Å². The summed E-state index contributed by atoms with van der Waals surface area (Å²) in [5.74, 6) is 0.129. The minimum atomic E-state index is -3.28. The van der Waals surface area contributed by atoms with E-state index >= 15 is 0 Å². The van der Waals surface area contributed by atoms with Gasteiger partial charge < -0.3 is 9.64 Å². The molecule has 0 aliphatic carbocycles. The summed E-state index contributed by atoms with van der Waals surface area (Å²) in [5.41, 5.74) is 0.407. The number of nitrogens with zero attached hydrogens (tertiary/aromatic N) is 2. The Labute approximate surface area is 130 Å². The Kier molecular flexibility index (Phi) is 5.36. The van der Waals surface area contributed by atoms with Gasteiger partial charge in [0.1, 0.15) is 5.56 Å². The number of amides is 1. The van der Waals surface area contributed by atoms with Crippen molar-refractivity contribution in [3.05, 3.63) is 23.9 Å². The molecule has 22 heavy (non-hydrogen) atoms. The van der Waals surface area contributed by atoms with Gasteiger partial charge in [0.2, 0.25) is 15.9 Å². The van der Waals surface area contributed by atoms with E-state index in [9.17, 15) is 13.2 Å². The minimum Gasteiger partial charge on any atom is -0.477 e. The quantitative estimate of drug-likeness (QED) is 0.857. The molecular formula is C14H21N3O4S. The number of carbonyl (C=O) groups excluding carboxylic acids is 1. The van der Waals surface area contributed by atoms with Gasteiger partial charge in [0.25, 0.3) is 5.91 Å². The maximum atomic E-state index is 12.6. The van der Waals surface area contributed by atoms with E-state index in [0.717, 1.165) is 19.1 Å². The molecule has 1 fully saturated rings. The van der Waals surface area contributed by atoms with Gasteiger partial charge in [-0.05, 0) is 31.9 Å². The van der Waals surface area contributed by atoms with Crippen molar-refractivity contribution in [1.29, 1.82) is 0 Å². The monoisotopic (exact) mass is 327 g/mol. The van der Waals surface area contributed by atoms with Gasteiger partial charge in [-0.15, -0.1) is 0 Å². The minimum absolute atomic E-state index is 0.184. The maximum absolute atomic E-state index is 12.6. The van der Waals surface area contributed by atoms with Crippen LogP contribution in [0.3, 0.4) is 0 Å². The van der Waals surface area contributed by atoms with Crippen molar-refractivity contribution in [2.45, 2.75) is 25.8 Å². The molecule has 0 radical (unpaired) electrons. The lowest BCUT2D eigenvalue weighted by molar-refractivity contribution is 0.0698. The number of aromatic nitrogens is 1. The van der Waals surface area contributed by atoms with Gasteiger partial charge >= 0.3 is 0 Å². The molecule has 1 aromatic rings. The molecule has 1 N–H and O–H groups in total. The van der Waals surface area contributed by atoms with E-state index in [-0.39, 0.29) is 11.9 Å². The molecule has 2 heterocycles. The van der Waals surface area contributed by atoms with Crippen molar-refractivity contribution in [1.82, 2.24) is 14.6 Å². The molecule has 0 spiro atoms. The highest BCUT2D eigenvalue weighted by atomic mass is 32.2. The maximum Gasteiger partial charge on any atom is 0.259 e. The largest absolute Gasteiger partial charge is 0.477 e. The van der Waals surface area contributed by atoms with Crippen LogP contribution in [0.5, 0.6) is 5.88 Å². The van der Waals surface area contributed by atoms with Crippen LogP contribution in [-0.4, -0.2) is 56.2 Å². The Morgan fingerprint density at radius 3 is 3.00 bits per heavy atom. The second-order valence-electron chi connectivity index (χ2n) is 5.27. The fourth-order valence-electron chi connectivity index (χ4n) is 2.54. The van der Waals surface area contributed by atoms with E-state index in [4.69, 9.17) is 4.74 Å². The lowest BCUT2D eigenvalue weighted by Crippen LogP contribution is -2.49. The Bertz CT molecular complexity index is 633. The fraction of sp³-hybridized carbons (Fsp3) is 0.571. The predicted molar refractivity (Wildman–Crippen MR) is 82.3 cm³/mol. The molecule has 0 saturated carbocycles. The third-order valence-electron chi connectivity index (χ3n) is 3.37. The van der Waals surface area contributed by atoms with Crippen LogP contribution in [0.15, 0.2) is 18.3 Å². The van der Waals surface area contributed by atoms with Gasteiger partial charge in [-0.2, -0.15) is 0 Å². The Balaban J connectivity index is 2.12. The van der Waals surface area contributed by atoms with Crippen LogP contribution in [0, 0.1) is 0 Å². The van der Waals surface area contributed by atoms with Crippen LogP contribution in [0.1, 0.15) is 30.1 Å². The average molecular weight is 327 g/mol. The molecular weight excluding hydrogens is 306 g/mol. The SMILES string of the molecule is CCOc1ncccc1C(=O)N1CCC[C@@H](NS(C)(=O)=O)C1. The van der Waals surface area contributed by atoms with E-state index in [1.807, 2.05) is 6.92 Å². The summed E-state index contributed by atoms with van der Waals surface area (Å²) < 4.78 is 30.6. The number of likely N-dealkylation sites (tertiary alicyclic amines) is 1. The highest BCUT2D eigenvalue weighted by Crippen LogP contribution is 2.20. The van der Waals surface area contributed by atoms with Crippen molar-refractivity contribution < 1.29 is 17.9 Å². The molecule has 0 aromatic carbocycles. The molecule has 0 bridgehead atoms. The molecule has 1 aliphatic rings. The first kappa shape index (κ1) is 16.7. The first-order chi connectivity index (χ1) is 10.4. The third kappa shape index (κ3) is 4.41. The van der Waals surface area contributed by atoms with Crippen LogP contribution >= 0.6 is 0 Å². The van der Waals surface area contributed by atoms with Crippen molar-refractivity contribution in [3.8, 4) is 5.88 Å². The number of nitrogens with one attached hydrogen (secondary N) is 1. The number of rotatable bonds is 5. The molecule has 122 valence electrons. The predicted octanol–water partition coefficient (Wildman–Crippen LogP) is 0.634. The number of piperidine rings is 1. The number of sulfonamides is 1. The first-order valence-electron chi connectivity index (χ1n) is 7.25. The van der Waals surface area contributed by atoms with Crippen LogP contribution < -0.4 is 9.46 Å². The van der Waals surface area contributed by atoms with Crippen molar-refractivity contribution in [2.75, 3.05) is 26.0 Å². The van der Waals surface area contributed by atoms with Gasteiger partial charge in [-0.25, -0.2) is 18.1 Å². The number of hydrogen-bond donors (Lipinski definition) is 1. The van der Waals surface area contributed by atoms with E-state index < -0.39 is 10.0 Å². The number of ether oxygens (including phenoxy) is 1. The second-order valence-corrected chi connectivity index (χ2v) is 7.05. The summed E-state index contributed by atoms with van der Waals surface area (Å²) in [6, 6.07) is 3.11. The van der Waals surface area contributed by atoms with Crippen LogP contribution in [0.2, 0.25) is 0 Å². The number of carbonyl (C=O) groups is 1. The van der Waals surface area contributed by atoms with E-state index in [2.05, 4.69) is 9.71 Å². The lowest BCUT2D eigenvalue weighted by Gasteiger charge is -2.33. The van der Waals surface area contributed by atoms with Crippen LogP contribution in [0.4, 0.5) is 0 Å². The second kappa shape index (κ2) is 7.06. The van der Waals surface area contributed by atoms with Crippen molar-refractivity contribution >= 4 is 15.9 Å². The van der Waals surface area contributed by atoms with Gasteiger partial charge in [-0.3, -0.25) is 4.79 Å². The zero-order valence-corrected chi connectivity index (χ0v) is 13.6. The van der Waals surface area contributed by atoms with Gasteiger partial charge in [0.05, 0.1) is 12.9 Å². The normalized spacial score (nSPS) is 19.0. The molecule has 7 nitrogen and oxygen atoms in total. The summed E-state index contributed by atoms with van der Waals surface area (Å²) in [6.45, 7) is 3.21. The van der Waals surface area contributed by atoms with Crippen molar-refractivity contribution in [2.24, 2.45) is 0 Å². The topological polar surface area (TPSA) is 88.6 Å². The van der Waals surface area contributed by atoms with Gasteiger partial charge in [-0.1, -0.05) is 0 Å². The molecule has 1 saturated heterocycles. The standard InChI is InChI=1S/C14H21N3O4S/c1-3-21-13-12(7-4-8-15-13)14(18)17-9-5-6-11(10-17)16-22(2,19)20/h4,7-8,11,16H,3,5-6,9-10H2,1-2H3/t11-/m1/s1. The molecule has 2 rings (SSSR count). The van der Waals surface area contributed by atoms with Gasteiger partial charge in [0.15, 0.2) is 0 Å². The molecule has 1 amide bonds. The summed E-state index contributed by atoms with van der Waals surface area (Å²) in [6.07, 6.45) is 4.18. The van der Waals surface area contributed by atoms with E-state index in [1.165, 1.54) is 0 Å². The Morgan fingerprint density at radius 1 is 1.55 bits per heavy atom. The Morgan fingerprint density at radius 2 is 2.32 bits per heavy atom. The summed E-state index contributed by atoms with van der Waals surface area (Å²) in [7, 11) is -3.28. The molecule has 1 atom stereocenters. The number of hydrogen-bond acceptors (Lipinski definition) is 5. The molecule has 0 unspecified atom stereocenters. The van der Waals surface area contributed by atoms with E-state index in [0.29, 0.717) is 31.1 Å². The zero-order chi connectivity index (χ0) is 16.2. The first-order valence-corrected chi connectivity index (χ1v) is 9.14. The number of pyridine rings is 1. The lowest BCUT2D eigenvalue weighted by atomic mass is 10.1. The van der Waals surface area contributed by atoms with E-state index in [1.54, 1.807) is 23.2 Å². The highest BCUT2D eigenvalue weighted by molar-refractivity contribution is 7.88. The molecule has 1 aliphatic heterocycles. The van der Waals surface area contributed by atoms with Gasteiger partial charge in [0, 0.05) is 25.3 Å². The Hall–Kier alpha value is -1.67. The van der Waals surface area contributed by atoms with Crippen LogP contribution in [-0.2, 0) is 10.0 Å². The zero-order valence-electron chi connectivity index (χ0n) is 12.8. The molecule has 1 aromatic heterocycles. The summed E-state index contributed by atoms with van der Waals surface area (Å²) >= 11 is 0. The highest BCUT2D eigenvalue weighted by Gasteiger charge is 2.27.